The van der Waals surface area contributed by atoms with Gasteiger partial charge in [0.2, 0.25) is 5.91 Å². The lowest BCUT2D eigenvalue weighted by Gasteiger charge is -2.19. The summed E-state index contributed by atoms with van der Waals surface area (Å²) in [5, 5.41) is 15.2. The van der Waals surface area contributed by atoms with Crippen LogP contribution < -0.4 is 15.5 Å². The highest BCUT2D eigenvalue weighted by Gasteiger charge is 2.29. The molecular formula is C30H31FN4O4. The number of nitrogens with one attached hydrogen (secondary N) is 2. The first-order valence-electron chi connectivity index (χ1n) is 12.6. The molecule has 0 spiro atoms. The molecule has 202 valence electrons. The van der Waals surface area contributed by atoms with Gasteiger partial charge < -0.3 is 25.5 Å². The van der Waals surface area contributed by atoms with Crippen LogP contribution >= 0.6 is 0 Å². The van der Waals surface area contributed by atoms with E-state index < -0.39 is 11.8 Å². The fraction of sp³-hybridized carbons (Fsp3) is 0.233. The van der Waals surface area contributed by atoms with E-state index in [9.17, 15) is 18.8 Å². The quantitative estimate of drug-likeness (QED) is 0.329. The van der Waals surface area contributed by atoms with Crippen molar-refractivity contribution in [2.24, 2.45) is 0 Å². The molecule has 0 fully saturated rings. The van der Waals surface area contributed by atoms with Crippen molar-refractivity contribution in [3.8, 4) is 0 Å². The number of fused-ring (bicyclic) bond motifs is 1. The maximum atomic E-state index is 13.8. The Morgan fingerprint density at radius 2 is 1.67 bits per heavy atom. The van der Waals surface area contributed by atoms with Crippen LogP contribution in [-0.2, 0) is 20.8 Å². The van der Waals surface area contributed by atoms with E-state index in [2.05, 4.69) is 10.6 Å². The lowest BCUT2D eigenvalue weighted by Crippen LogP contribution is -2.27. The van der Waals surface area contributed by atoms with Gasteiger partial charge in [-0.1, -0.05) is 24.3 Å². The zero-order valence-corrected chi connectivity index (χ0v) is 22.1. The predicted octanol–water partition coefficient (Wildman–Crippen LogP) is 4.69. The van der Waals surface area contributed by atoms with Crippen LogP contribution in [-0.4, -0.2) is 55.5 Å². The van der Waals surface area contributed by atoms with E-state index in [4.69, 9.17) is 5.11 Å². The first-order valence-corrected chi connectivity index (χ1v) is 12.6. The van der Waals surface area contributed by atoms with Gasteiger partial charge in [0, 0.05) is 30.4 Å². The topological polar surface area (TPSA) is 102 Å². The average molecular weight is 531 g/mol. The Hall–Kier alpha value is -4.50. The van der Waals surface area contributed by atoms with Crippen molar-refractivity contribution in [3.63, 3.8) is 0 Å². The normalized spacial score (nSPS) is 13.6. The van der Waals surface area contributed by atoms with Gasteiger partial charge in [0.05, 0.1) is 23.4 Å². The standard InChI is InChI=1S/C30H31FN4O4/c1-34(2)16-4-5-26(36)35(3)23-13-11-22(12-14-23)32-29(20-8-6-19(7-9-20)17-27(37)38)28-24-15-10-21(31)18-25(24)33-30(28)39/h6-15,18,32H,4-5,16-17H2,1-3H3,(H,33,39)(H,37,38). The average Bonchev–Trinajstić information content (AvgIpc) is 3.21. The molecule has 39 heavy (non-hydrogen) atoms. The summed E-state index contributed by atoms with van der Waals surface area (Å²) in [6, 6.07) is 18.3. The molecule has 0 saturated heterocycles. The van der Waals surface area contributed by atoms with Crippen LogP contribution in [0.5, 0.6) is 0 Å². The summed E-state index contributed by atoms with van der Waals surface area (Å²) in [5.74, 6) is -1.76. The Morgan fingerprint density at radius 3 is 2.31 bits per heavy atom. The predicted molar refractivity (Wildman–Crippen MR) is 151 cm³/mol. The van der Waals surface area contributed by atoms with E-state index in [1.165, 1.54) is 12.1 Å². The summed E-state index contributed by atoms with van der Waals surface area (Å²) in [5.41, 5.74) is 4.45. The summed E-state index contributed by atoms with van der Waals surface area (Å²) in [7, 11) is 5.69. The zero-order chi connectivity index (χ0) is 28.1. The Balaban J connectivity index is 1.64. The molecule has 2 amide bonds. The van der Waals surface area contributed by atoms with E-state index in [1.54, 1.807) is 42.3 Å². The van der Waals surface area contributed by atoms with E-state index >= 15 is 0 Å². The van der Waals surface area contributed by atoms with Crippen molar-refractivity contribution >= 4 is 46.1 Å². The summed E-state index contributed by atoms with van der Waals surface area (Å²) >= 11 is 0. The molecular weight excluding hydrogens is 499 g/mol. The molecule has 1 aliphatic rings. The maximum Gasteiger partial charge on any atom is 0.307 e. The summed E-state index contributed by atoms with van der Waals surface area (Å²) in [6.07, 6.45) is 1.09. The second-order valence-electron chi connectivity index (χ2n) is 9.69. The van der Waals surface area contributed by atoms with Crippen LogP contribution in [0.2, 0.25) is 0 Å². The van der Waals surface area contributed by atoms with Gasteiger partial charge in [0.15, 0.2) is 0 Å². The summed E-state index contributed by atoms with van der Waals surface area (Å²) in [6.45, 7) is 0.834. The maximum absolute atomic E-state index is 13.8. The minimum atomic E-state index is -0.938. The number of rotatable bonds is 10. The number of nitrogens with zero attached hydrogens (tertiary/aromatic N) is 2. The number of carbonyl (C=O) groups is 3. The third-order valence-corrected chi connectivity index (χ3v) is 6.47. The number of carboxylic acid groups (broad SMARTS) is 1. The third-order valence-electron chi connectivity index (χ3n) is 6.47. The van der Waals surface area contributed by atoms with Gasteiger partial charge in [0.1, 0.15) is 5.82 Å². The SMILES string of the molecule is CN(C)CCCC(=O)N(C)c1ccc(NC(=C2C(=O)Nc3cc(F)ccc32)c2ccc(CC(=O)O)cc2)cc1. The monoisotopic (exact) mass is 530 g/mol. The Bertz CT molecular complexity index is 1420. The smallest absolute Gasteiger partial charge is 0.307 e. The first-order chi connectivity index (χ1) is 18.6. The molecule has 9 heteroatoms. The second kappa shape index (κ2) is 11.9. The highest BCUT2D eigenvalue weighted by Crippen LogP contribution is 2.38. The lowest BCUT2D eigenvalue weighted by atomic mass is 9.98. The molecule has 0 saturated carbocycles. The van der Waals surface area contributed by atoms with Gasteiger partial charge in [-0.25, -0.2) is 4.39 Å². The first kappa shape index (κ1) is 27.5. The largest absolute Gasteiger partial charge is 0.481 e. The number of halogens is 1. The Morgan fingerprint density at radius 1 is 0.974 bits per heavy atom. The lowest BCUT2D eigenvalue weighted by molar-refractivity contribution is -0.136. The molecule has 0 radical (unpaired) electrons. The van der Waals surface area contributed by atoms with E-state index in [0.29, 0.717) is 45.8 Å². The number of amides is 2. The minimum absolute atomic E-state index is 0.0216. The molecule has 3 aromatic carbocycles. The van der Waals surface area contributed by atoms with Gasteiger partial charge in [-0.3, -0.25) is 14.4 Å². The van der Waals surface area contributed by atoms with Crippen LogP contribution in [0.3, 0.4) is 0 Å². The summed E-state index contributed by atoms with van der Waals surface area (Å²) < 4.78 is 13.8. The van der Waals surface area contributed by atoms with Gasteiger partial charge in [-0.15, -0.1) is 0 Å². The Kier molecular flexibility index (Phi) is 8.41. The van der Waals surface area contributed by atoms with E-state index in [-0.39, 0.29) is 18.2 Å². The van der Waals surface area contributed by atoms with Gasteiger partial charge in [-0.2, -0.15) is 0 Å². The van der Waals surface area contributed by atoms with Gasteiger partial charge >= 0.3 is 5.97 Å². The number of anilines is 3. The van der Waals surface area contributed by atoms with Crippen molar-refractivity contribution in [2.75, 3.05) is 43.2 Å². The second-order valence-corrected chi connectivity index (χ2v) is 9.69. The fourth-order valence-corrected chi connectivity index (χ4v) is 4.41. The van der Waals surface area contributed by atoms with Crippen LogP contribution in [0.25, 0.3) is 11.3 Å². The number of hydrogen-bond donors (Lipinski definition) is 3. The highest BCUT2D eigenvalue weighted by atomic mass is 19.1. The molecule has 4 rings (SSSR count). The van der Waals surface area contributed by atoms with Crippen LogP contribution in [0.4, 0.5) is 21.5 Å². The van der Waals surface area contributed by atoms with Crippen molar-refractivity contribution in [2.45, 2.75) is 19.3 Å². The van der Waals surface area contributed by atoms with Gasteiger partial charge in [-0.05, 0) is 80.7 Å². The molecule has 0 atom stereocenters. The highest BCUT2D eigenvalue weighted by molar-refractivity contribution is 6.37. The number of carboxylic acids is 1. The number of aliphatic carboxylic acids is 1. The number of hydrogen-bond acceptors (Lipinski definition) is 5. The van der Waals surface area contributed by atoms with E-state index in [1.807, 2.05) is 43.3 Å². The molecule has 1 aliphatic heterocycles. The van der Waals surface area contributed by atoms with Crippen LogP contribution in [0.15, 0.2) is 66.7 Å². The van der Waals surface area contributed by atoms with Crippen molar-refractivity contribution in [1.82, 2.24) is 4.90 Å². The van der Waals surface area contributed by atoms with E-state index in [0.717, 1.165) is 18.7 Å². The van der Waals surface area contributed by atoms with Crippen molar-refractivity contribution in [3.05, 3.63) is 89.2 Å². The van der Waals surface area contributed by atoms with Gasteiger partial charge in [0.25, 0.3) is 5.91 Å². The number of benzene rings is 3. The molecule has 3 N–H and O–H groups in total. The molecule has 0 aliphatic carbocycles. The molecule has 3 aromatic rings. The van der Waals surface area contributed by atoms with Crippen molar-refractivity contribution < 1.29 is 23.9 Å². The molecule has 1 heterocycles. The molecule has 8 nitrogen and oxygen atoms in total. The minimum Gasteiger partial charge on any atom is -0.481 e. The number of carbonyl (C=O) groups excluding carboxylic acids is 2. The molecule has 0 unspecified atom stereocenters. The zero-order valence-electron chi connectivity index (χ0n) is 22.1. The molecule has 0 bridgehead atoms. The van der Waals surface area contributed by atoms with Crippen LogP contribution in [0.1, 0.15) is 29.5 Å². The van der Waals surface area contributed by atoms with Crippen LogP contribution in [0, 0.1) is 5.82 Å². The third kappa shape index (κ3) is 6.69. The summed E-state index contributed by atoms with van der Waals surface area (Å²) in [4.78, 5) is 40.4. The fourth-order valence-electron chi connectivity index (χ4n) is 4.41. The Labute approximate surface area is 226 Å². The molecule has 0 aromatic heterocycles. The van der Waals surface area contributed by atoms with Crippen molar-refractivity contribution in [1.29, 1.82) is 0 Å².